The Kier molecular flexibility index (Phi) is 8.97. The fraction of sp³-hybridized carbons (Fsp3) is 0.320. The van der Waals surface area contributed by atoms with Gasteiger partial charge in [0.1, 0.15) is 18.4 Å². The van der Waals surface area contributed by atoms with Gasteiger partial charge >= 0.3 is 0 Å². The van der Waals surface area contributed by atoms with Crippen LogP contribution in [0.5, 0.6) is 5.75 Å². The Morgan fingerprint density at radius 2 is 1.76 bits per heavy atom. The Morgan fingerprint density at radius 1 is 1.03 bits per heavy atom. The van der Waals surface area contributed by atoms with E-state index < -0.39 is 12.1 Å². The molecular weight excluding hydrogens is 436 g/mol. The third-order valence-corrected chi connectivity index (χ3v) is 5.66. The number of amides is 2. The summed E-state index contributed by atoms with van der Waals surface area (Å²) in [5, 5.41) is 7.83. The van der Waals surface area contributed by atoms with E-state index in [-0.39, 0.29) is 17.7 Å². The molecule has 0 saturated carbocycles. The van der Waals surface area contributed by atoms with Crippen molar-refractivity contribution in [2.24, 2.45) is 11.7 Å². The average molecular weight is 467 g/mol. The van der Waals surface area contributed by atoms with E-state index in [2.05, 4.69) is 15.6 Å². The number of hydrogen-bond donors (Lipinski definition) is 3. The van der Waals surface area contributed by atoms with Crippen LogP contribution in [0.25, 0.3) is 0 Å². The number of benzene rings is 2. The summed E-state index contributed by atoms with van der Waals surface area (Å²) in [6.45, 7) is 4.48. The van der Waals surface area contributed by atoms with Crippen molar-refractivity contribution in [3.8, 4) is 5.75 Å². The summed E-state index contributed by atoms with van der Waals surface area (Å²) in [6.07, 6.45) is 2.47. The van der Waals surface area contributed by atoms with E-state index in [0.29, 0.717) is 24.6 Å². The van der Waals surface area contributed by atoms with E-state index in [0.717, 1.165) is 16.9 Å². The highest BCUT2D eigenvalue weighted by molar-refractivity contribution is 7.13. The highest BCUT2D eigenvalue weighted by Gasteiger charge is 2.25. The summed E-state index contributed by atoms with van der Waals surface area (Å²) in [4.78, 5) is 29.6. The van der Waals surface area contributed by atoms with Gasteiger partial charge in [0.05, 0.1) is 6.04 Å². The topological polar surface area (TPSA) is 106 Å². The molecule has 0 spiro atoms. The van der Waals surface area contributed by atoms with Crippen molar-refractivity contribution >= 4 is 28.3 Å². The van der Waals surface area contributed by atoms with E-state index in [9.17, 15) is 9.59 Å². The number of hydrogen-bond acceptors (Lipinski definition) is 6. The van der Waals surface area contributed by atoms with Gasteiger partial charge in [0.2, 0.25) is 11.8 Å². The molecule has 2 amide bonds. The third-order valence-electron chi connectivity index (χ3n) is 4.97. The van der Waals surface area contributed by atoms with Crippen LogP contribution in [0.2, 0.25) is 0 Å². The molecule has 3 rings (SSSR count). The van der Waals surface area contributed by atoms with Crippen LogP contribution in [-0.4, -0.2) is 28.9 Å². The second-order valence-electron chi connectivity index (χ2n) is 8.25. The van der Waals surface area contributed by atoms with Crippen LogP contribution in [0, 0.1) is 5.92 Å². The standard InChI is InChI=1S/C25H30N4O3S/c1-17(2)14-21(26)23(30)28-22(24(31)29-25-27-12-13-33-25)15-18-8-10-20(11-9-18)32-16-19-6-4-3-5-7-19/h3-13,17,21-22H,14-16,26H2,1-2H3,(H,28,30)(H,27,29,31). The zero-order valence-corrected chi connectivity index (χ0v) is 19.7. The molecule has 2 atom stereocenters. The molecule has 2 aromatic carbocycles. The number of rotatable bonds is 11. The highest BCUT2D eigenvalue weighted by atomic mass is 32.1. The van der Waals surface area contributed by atoms with Crippen molar-refractivity contribution in [3.63, 3.8) is 0 Å². The van der Waals surface area contributed by atoms with Gasteiger partial charge in [0.25, 0.3) is 0 Å². The summed E-state index contributed by atoms with van der Waals surface area (Å²) in [6, 6.07) is 16.0. The van der Waals surface area contributed by atoms with Crippen molar-refractivity contribution < 1.29 is 14.3 Å². The first-order chi connectivity index (χ1) is 15.9. The maximum Gasteiger partial charge on any atom is 0.249 e. The molecule has 0 aliphatic rings. The summed E-state index contributed by atoms with van der Waals surface area (Å²) in [5.74, 6) is 0.330. The molecule has 4 N–H and O–H groups in total. The smallest absolute Gasteiger partial charge is 0.249 e. The fourth-order valence-corrected chi connectivity index (χ4v) is 3.81. The van der Waals surface area contributed by atoms with Gasteiger partial charge in [-0.15, -0.1) is 11.3 Å². The molecule has 0 aliphatic heterocycles. The molecule has 174 valence electrons. The molecule has 0 bridgehead atoms. The van der Waals surface area contributed by atoms with Crippen LogP contribution >= 0.6 is 11.3 Å². The lowest BCUT2D eigenvalue weighted by Crippen LogP contribution is -2.51. The lowest BCUT2D eigenvalue weighted by molar-refractivity contribution is -0.127. The van der Waals surface area contributed by atoms with Crippen molar-refractivity contribution in [3.05, 3.63) is 77.3 Å². The third kappa shape index (κ3) is 8.00. The maximum absolute atomic E-state index is 12.9. The van der Waals surface area contributed by atoms with Gasteiger partial charge in [-0.05, 0) is 35.6 Å². The van der Waals surface area contributed by atoms with Gasteiger partial charge in [-0.25, -0.2) is 4.98 Å². The number of nitrogens with one attached hydrogen (secondary N) is 2. The van der Waals surface area contributed by atoms with Crippen LogP contribution in [0.15, 0.2) is 66.2 Å². The molecule has 0 fully saturated rings. The van der Waals surface area contributed by atoms with Crippen LogP contribution in [0.1, 0.15) is 31.4 Å². The number of nitrogens with zero attached hydrogens (tertiary/aromatic N) is 1. The number of nitrogens with two attached hydrogens (primary N) is 1. The monoisotopic (exact) mass is 466 g/mol. The van der Waals surface area contributed by atoms with Crippen molar-refractivity contribution in [1.82, 2.24) is 10.3 Å². The van der Waals surface area contributed by atoms with Crippen molar-refractivity contribution in [2.45, 2.75) is 45.4 Å². The van der Waals surface area contributed by atoms with Gasteiger partial charge in [-0.2, -0.15) is 0 Å². The van der Waals surface area contributed by atoms with Crippen LogP contribution in [0.4, 0.5) is 5.13 Å². The number of thiazole rings is 1. The average Bonchev–Trinajstić information content (AvgIpc) is 3.31. The first-order valence-corrected chi connectivity index (χ1v) is 11.8. The quantitative estimate of drug-likeness (QED) is 0.399. The summed E-state index contributed by atoms with van der Waals surface area (Å²) >= 11 is 1.32. The Morgan fingerprint density at radius 3 is 2.39 bits per heavy atom. The lowest BCUT2D eigenvalue weighted by Gasteiger charge is -2.21. The minimum absolute atomic E-state index is 0.275. The summed E-state index contributed by atoms with van der Waals surface area (Å²) < 4.78 is 5.83. The molecule has 33 heavy (non-hydrogen) atoms. The molecule has 2 unspecified atom stereocenters. The normalized spacial score (nSPS) is 12.7. The minimum atomic E-state index is -0.782. The molecule has 1 aromatic heterocycles. The molecule has 0 saturated heterocycles. The molecule has 0 aliphatic carbocycles. The van der Waals surface area contributed by atoms with E-state index in [1.165, 1.54) is 11.3 Å². The second kappa shape index (κ2) is 12.1. The Balaban J connectivity index is 1.65. The van der Waals surface area contributed by atoms with Crippen LogP contribution < -0.4 is 21.1 Å². The lowest BCUT2D eigenvalue weighted by atomic mass is 10.0. The van der Waals surface area contributed by atoms with E-state index in [1.54, 1.807) is 11.6 Å². The summed E-state index contributed by atoms with van der Waals surface area (Å²) in [7, 11) is 0. The highest BCUT2D eigenvalue weighted by Crippen LogP contribution is 2.17. The van der Waals surface area contributed by atoms with Gasteiger partial charge in [-0.3, -0.25) is 9.59 Å². The second-order valence-corrected chi connectivity index (χ2v) is 9.14. The number of anilines is 1. The molecular formula is C25H30N4O3S. The Bertz CT molecular complexity index is 1010. The van der Waals surface area contributed by atoms with Crippen LogP contribution in [0.3, 0.4) is 0 Å². The fourth-order valence-electron chi connectivity index (χ4n) is 3.28. The first kappa shape index (κ1) is 24.4. The number of carbonyl (C=O) groups is 2. The molecule has 0 radical (unpaired) electrons. The predicted octanol–water partition coefficient (Wildman–Crippen LogP) is 3.76. The molecule has 7 nitrogen and oxygen atoms in total. The predicted molar refractivity (Wildman–Crippen MR) is 131 cm³/mol. The Labute approximate surface area is 198 Å². The van der Waals surface area contributed by atoms with Gasteiger partial charge < -0.3 is 21.1 Å². The van der Waals surface area contributed by atoms with E-state index in [4.69, 9.17) is 10.5 Å². The first-order valence-electron chi connectivity index (χ1n) is 10.9. The van der Waals surface area contributed by atoms with Gasteiger partial charge in [-0.1, -0.05) is 56.3 Å². The summed E-state index contributed by atoms with van der Waals surface area (Å²) in [5.41, 5.74) is 8.00. The van der Waals surface area contributed by atoms with E-state index >= 15 is 0 Å². The molecule has 1 heterocycles. The Hall–Kier alpha value is -3.23. The SMILES string of the molecule is CC(C)CC(N)C(=O)NC(Cc1ccc(OCc2ccccc2)cc1)C(=O)Nc1nccs1. The zero-order valence-electron chi connectivity index (χ0n) is 18.9. The largest absolute Gasteiger partial charge is 0.489 e. The number of carbonyl (C=O) groups excluding carboxylic acids is 2. The van der Waals surface area contributed by atoms with Crippen molar-refractivity contribution in [1.29, 1.82) is 0 Å². The number of aromatic nitrogens is 1. The molecule has 8 heteroatoms. The van der Waals surface area contributed by atoms with Gasteiger partial charge in [0, 0.05) is 18.0 Å². The minimum Gasteiger partial charge on any atom is -0.489 e. The van der Waals surface area contributed by atoms with Gasteiger partial charge in [0.15, 0.2) is 5.13 Å². The molecule has 3 aromatic rings. The van der Waals surface area contributed by atoms with Crippen LogP contribution in [-0.2, 0) is 22.6 Å². The zero-order chi connectivity index (χ0) is 23.6. The van der Waals surface area contributed by atoms with E-state index in [1.807, 2.05) is 68.4 Å². The number of ether oxygens (including phenoxy) is 1. The van der Waals surface area contributed by atoms with Crippen molar-refractivity contribution in [2.75, 3.05) is 5.32 Å². The maximum atomic E-state index is 12.9.